The Labute approximate surface area is 170 Å². The molecule has 1 aromatic rings. The lowest BCUT2D eigenvalue weighted by Gasteiger charge is -2.30. The van der Waals surface area contributed by atoms with Crippen LogP contribution >= 0.6 is 0 Å². The average molecular weight is 430 g/mol. The van der Waals surface area contributed by atoms with Gasteiger partial charge in [-0.3, -0.25) is 4.79 Å². The first-order chi connectivity index (χ1) is 13.7. The molecule has 0 radical (unpaired) electrons. The number of nitrogens with two attached hydrogens (primary N) is 1. The number of carbonyl (C=O) groups is 1. The molecule has 1 saturated carbocycles. The van der Waals surface area contributed by atoms with Gasteiger partial charge in [0, 0.05) is 6.04 Å². The summed E-state index contributed by atoms with van der Waals surface area (Å²) >= 11 is 0. The molecule has 29 heavy (non-hydrogen) atoms. The third kappa shape index (κ3) is 6.10. The van der Waals surface area contributed by atoms with E-state index in [2.05, 4.69) is 10.3 Å². The fourth-order valence-corrected chi connectivity index (χ4v) is 6.04. The number of pyridine rings is 1. The second kappa shape index (κ2) is 9.36. The van der Waals surface area contributed by atoms with Crippen LogP contribution in [0.3, 0.4) is 0 Å². The van der Waals surface area contributed by atoms with Crippen LogP contribution in [0.2, 0.25) is 0 Å². The highest BCUT2D eigenvalue weighted by atomic mass is 32.2. The van der Waals surface area contributed by atoms with Gasteiger partial charge in [0.2, 0.25) is 5.95 Å². The molecule has 1 aliphatic carbocycles. The second-order valence-electron chi connectivity index (χ2n) is 8.41. The number of hydrogen-bond donors (Lipinski definition) is 2. The van der Waals surface area contributed by atoms with Crippen molar-refractivity contribution in [2.75, 3.05) is 16.8 Å². The molecule has 0 bridgehead atoms. The Morgan fingerprint density at radius 1 is 1.07 bits per heavy atom. The van der Waals surface area contributed by atoms with E-state index in [-0.39, 0.29) is 11.9 Å². The van der Waals surface area contributed by atoms with E-state index < -0.39 is 33.1 Å². The number of nitrogens with one attached hydrogen (secondary N) is 1. The van der Waals surface area contributed by atoms with E-state index >= 15 is 0 Å². The summed E-state index contributed by atoms with van der Waals surface area (Å²) in [6.07, 6.45) is 8.66. The van der Waals surface area contributed by atoms with E-state index in [1.165, 1.54) is 0 Å². The van der Waals surface area contributed by atoms with Gasteiger partial charge >= 0.3 is 0 Å². The minimum absolute atomic E-state index is 0.0237. The molecule has 3 N–H and O–H groups in total. The zero-order valence-corrected chi connectivity index (χ0v) is 17.3. The fourth-order valence-electron chi connectivity index (χ4n) is 4.45. The SMILES string of the molecule is NC(=O)c1cc(F)c(NC2CCC(CCCC3CCS(=O)(=O)CC3)CC2)nc1F. The lowest BCUT2D eigenvalue weighted by Crippen LogP contribution is -2.28. The van der Waals surface area contributed by atoms with Crippen LogP contribution in [-0.2, 0) is 9.84 Å². The van der Waals surface area contributed by atoms with E-state index in [1.807, 2.05) is 0 Å². The fraction of sp³-hybridized carbons (Fsp3) is 0.700. The van der Waals surface area contributed by atoms with Crippen LogP contribution in [0.15, 0.2) is 6.07 Å². The zero-order chi connectivity index (χ0) is 21.0. The number of anilines is 1. The first-order valence-corrected chi connectivity index (χ1v) is 12.2. The Balaban J connectivity index is 1.40. The number of aromatic nitrogens is 1. The predicted octanol–water partition coefficient (Wildman–Crippen LogP) is 3.42. The third-order valence-electron chi connectivity index (χ3n) is 6.28. The molecule has 1 aliphatic heterocycles. The minimum atomic E-state index is -2.79. The smallest absolute Gasteiger partial charge is 0.253 e. The Hall–Kier alpha value is -1.77. The molecule has 2 fully saturated rings. The Kier molecular flexibility index (Phi) is 7.08. The van der Waals surface area contributed by atoms with Crippen LogP contribution in [0, 0.1) is 23.6 Å². The molecule has 2 aliphatic rings. The summed E-state index contributed by atoms with van der Waals surface area (Å²) in [5.41, 5.74) is 4.45. The average Bonchev–Trinajstić information content (AvgIpc) is 2.67. The van der Waals surface area contributed by atoms with Crippen molar-refractivity contribution in [2.24, 2.45) is 17.6 Å². The molecule has 0 spiro atoms. The molecular formula is C20H29F2N3O3S. The number of sulfone groups is 1. The molecular weight excluding hydrogens is 400 g/mol. The van der Waals surface area contributed by atoms with Crippen molar-refractivity contribution in [1.29, 1.82) is 0 Å². The van der Waals surface area contributed by atoms with Gasteiger partial charge < -0.3 is 11.1 Å². The second-order valence-corrected chi connectivity index (χ2v) is 10.7. The van der Waals surface area contributed by atoms with Crippen molar-refractivity contribution in [3.8, 4) is 0 Å². The van der Waals surface area contributed by atoms with Crippen molar-refractivity contribution in [3.63, 3.8) is 0 Å². The summed E-state index contributed by atoms with van der Waals surface area (Å²) in [6, 6.07) is 0.811. The van der Waals surface area contributed by atoms with Crippen LogP contribution in [0.25, 0.3) is 0 Å². The molecule has 1 saturated heterocycles. The van der Waals surface area contributed by atoms with Crippen LogP contribution in [0.5, 0.6) is 0 Å². The van der Waals surface area contributed by atoms with Gasteiger partial charge in [-0.25, -0.2) is 12.8 Å². The molecule has 9 heteroatoms. The maximum Gasteiger partial charge on any atom is 0.253 e. The van der Waals surface area contributed by atoms with Crippen LogP contribution in [0.1, 0.15) is 68.1 Å². The van der Waals surface area contributed by atoms with Crippen LogP contribution in [-0.4, -0.2) is 36.9 Å². The maximum absolute atomic E-state index is 14.1. The van der Waals surface area contributed by atoms with Crippen molar-refractivity contribution in [3.05, 3.63) is 23.4 Å². The summed E-state index contributed by atoms with van der Waals surface area (Å²) in [7, 11) is -2.79. The number of primary amides is 1. The monoisotopic (exact) mass is 429 g/mol. The molecule has 0 atom stereocenters. The van der Waals surface area contributed by atoms with Gasteiger partial charge in [0.25, 0.3) is 5.91 Å². The standard InChI is InChI=1S/C20H29F2N3O3S/c21-17-12-16(19(23)26)18(22)25-20(17)24-15-6-4-13(5-7-15)2-1-3-14-8-10-29(27,28)11-9-14/h12-15H,1-11H2,(H2,23,26)(H,24,25). The Bertz CT molecular complexity index is 826. The van der Waals surface area contributed by atoms with E-state index in [9.17, 15) is 22.0 Å². The van der Waals surface area contributed by atoms with Crippen molar-refractivity contribution in [2.45, 2.75) is 63.8 Å². The number of hydrogen-bond acceptors (Lipinski definition) is 5. The summed E-state index contributed by atoms with van der Waals surface area (Å²) in [4.78, 5) is 14.6. The van der Waals surface area contributed by atoms with Gasteiger partial charge in [0.05, 0.1) is 17.1 Å². The van der Waals surface area contributed by atoms with Gasteiger partial charge in [0.1, 0.15) is 9.84 Å². The number of nitrogens with zero attached hydrogens (tertiary/aromatic N) is 1. The topological polar surface area (TPSA) is 102 Å². The van der Waals surface area contributed by atoms with Crippen molar-refractivity contribution >= 4 is 21.6 Å². The summed E-state index contributed by atoms with van der Waals surface area (Å²) in [5.74, 6) is -1.25. The van der Waals surface area contributed by atoms with Crippen LogP contribution < -0.4 is 11.1 Å². The highest BCUT2D eigenvalue weighted by Gasteiger charge is 2.25. The number of amides is 1. The molecule has 3 rings (SSSR count). The maximum atomic E-state index is 14.1. The molecule has 1 amide bonds. The molecule has 162 valence electrons. The number of rotatable bonds is 7. The Morgan fingerprint density at radius 2 is 1.66 bits per heavy atom. The van der Waals surface area contributed by atoms with Crippen molar-refractivity contribution in [1.82, 2.24) is 4.98 Å². The predicted molar refractivity (Wildman–Crippen MR) is 107 cm³/mol. The molecule has 0 unspecified atom stereocenters. The van der Waals surface area contributed by atoms with Gasteiger partial charge in [-0.05, 0) is 56.4 Å². The number of halogens is 2. The lowest BCUT2D eigenvalue weighted by atomic mass is 9.82. The van der Waals surface area contributed by atoms with E-state index in [0.717, 1.165) is 63.9 Å². The van der Waals surface area contributed by atoms with Gasteiger partial charge in [-0.1, -0.05) is 19.3 Å². The lowest BCUT2D eigenvalue weighted by molar-refractivity contribution is 0.0995. The van der Waals surface area contributed by atoms with E-state index in [4.69, 9.17) is 5.73 Å². The van der Waals surface area contributed by atoms with Gasteiger partial charge in [-0.2, -0.15) is 9.37 Å². The van der Waals surface area contributed by atoms with Gasteiger partial charge in [-0.15, -0.1) is 0 Å². The first-order valence-electron chi connectivity index (χ1n) is 10.4. The van der Waals surface area contributed by atoms with E-state index in [1.54, 1.807) is 0 Å². The molecule has 0 aromatic carbocycles. The Morgan fingerprint density at radius 3 is 2.24 bits per heavy atom. The summed E-state index contributed by atoms with van der Waals surface area (Å²) in [5, 5.41) is 2.96. The minimum Gasteiger partial charge on any atom is -0.365 e. The normalized spacial score (nSPS) is 24.9. The molecule has 1 aromatic heterocycles. The van der Waals surface area contributed by atoms with Crippen molar-refractivity contribution < 1.29 is 22.0 Å². The molecule has 6 nitrogen and oxygen atoms in total. The van der Waals surface area contributed by atoms with Crippen LogP contribution in [0.4, 0.5) is 14.6 Å². The summed E-state index contributed by atoms with van der Waals surface area (Å²) in [6.45, 7) is 0. The zero-order valence-electron chi connectivity index (χ0n) is 16.5. The van der Waals surface area contributed by atoms with E-state index in [0.29, 0.717) is 23.3 Å². The number of carbonyl (C=O) groups excluding carboxylic acids is 1. The molecule has 2 heterocycles. The largest absolute Gasteiger partial charge is 0.365 e. The first kappa shape index (κ1) is 21.9. The third-order valence-corrected chi connectivity index (χ3v) is 8.00. The van der Waals surface area contributed by atoms with Gasteiger partial charge in [0.15, 0.2) is 11.6 Å². The quantitative estimate of drug-likeness (QED) is 0.647. The highest BCUT2D eigenvalue weighted by Crippen LogP contribution is 2.32. The highest BCUT2D eigenvalue weighted by molar-refractivity contribution is 7.91. The summed E-state index contributed by atoms with van der Waals surface area (Å²) < 4.78 is 50.8.